The molecule has 1 aliphatic carbocycles. The lowest BCUT2D eigenvalue weighted by Crippen LogP contribution is -2.42. The molecular formula is C27H28N6O2. The number of benzene rings is 3. The zero-order chi connectivity index (χ0) is 24.2. The summed E-state index contributed by atoms with van der Waals surface area (Å²) in [7, 11) is 0. The predicted octanol–water partition coefficient (Wildman–Crippen LogP) is 5.70. The average Bonchev–Trinajstić information content (AvgIpc) is 3.20. The summed E-state index contributed by atoms with van der Waals surface area (Å²) in [4.78, 5) is 18.2. The molecule has 0 aromatic heterocycles. The highest BCUT2D eigenvalue weighted by Crippen LogP contribution is 2.44. The quantitative estimate of drug-likeness (QED) is 0.275. The number of azide groups is 1. The van der Waals surface area contributed by atoms with Crippen molar-refractivity contribution in [3.63, 3.8) is 0 Å². The number of fused-ring (bicyclic) bond motifs is 3. The van der Waals surface area contributed by atoms with Crippen LogP contribution in [0.1, 0.15) is 28.2 Å². The fourth-order valence-electron chi connectivity index (χ4n) is 5.00. The van der Waals surface area contributed by atoms with E-state index in [4.69, 9.17) is 10.3 Å². The highest BCUT2D eigenvalue weighted by atomic mass is 16.5. The van der Waals surface area contributed by atoms with E-state index in [-0.39, 0.29) is 12.5 Å². The first kappa shape index (κ1) is 22.9. The number of carbonyl (C=O) groups is 1. The first-order chi connectivity index (χ1) is 17.1. The van der Waals surface area contributed by atoms with Crippen molar-refractivity contribution >= 4 is 17.5 Å². The summed E-state index contributed by atoms with van der Waals surface area (Å²) >= 11 is 0. The SMILES string of the molecule is Cc1c(N=[N+]=[N-])cc(CN2CCNCC2)cc1NC(=O)OCC1c2ccccc2-c2ccccc21. The van der Waals surface area contributed by atoms with Gasteiger partial charge in [0.2, 0.25) is 0 Å². The van der Waals surface area contributed by atoms with Gasteiger partial charge in [0.1, 0.15) is 6.61 Å². The minimum Gasteiger partial charge on any atom is -0.448 e. The van der Waals surface area contributed by atoms with E-state index < -0.39 is 6.09 Å². The lowest BCUT2D eigenvalue weighted by molar-refractivity contribution is 0.158. The molecule has 35 heavy (non-hydrogen) atoms. The normalized spacial score (nSPS) is 15.1. The van der Waals surface area contributed by atoms with Crippen molar-refractivity contribution < 1.29 is 9.53 Å². The van der Waals surface area contributed by atoms with E-state index in [1.54, 1.807) is 0 Å². The van der Waals surface area contributed by atoms with Crippen LogP contribution in [0.15, 0.2) is 65.8 Å². The second-order valence-electron chi connectivity index (χ2n) is 8.95. The lowest BCUT2D eigenvalue weighted by Gasteiger charge is -2.27. The first-order valence-electron chi connectivity index (χ1n) is 11.9. The monoisotopic (exact) mass is 468 g/mol. The van der Waals surface area contributed by atoms with Crippen molar-refractivity contribution in [2.75, 3.05) is 38.1 Å². The molecule has 1 fully saturated rings. The number of piperazine rings is 1. The summed E-state index contributed by atoms with van der Waals surface area (Å²) in [6.07, 6.45) is -0.527. The second-order valence-corrected chi connectivity index (χ2v) is 8.95. The van der Waals surface area contributed by atoms with Crippen LogP contribution in [0, 0.1) is 6.92 Å². The Hall–Kier alpha value is -3.84. The molecule has 0 spiro atoms. The third-order valence-corrected chi connectivity index (χ3v) is 6.79. The van der Waals surface area contributed by atoms with E-state index in [2.05, 4.69) is 49.8 Å². The number of ether oxygens (including phenoxy) is 1. The van der Waals surface area contributed by atoms with Crippen LogP contribution < -0.4 is 10.6 Å². The number of nitrogens with one attached hydrogen (secondary N) is 2. The highest BCUT2D eigenvalue weighted by molar-refractivity contribution is 5.87. The molecule has 178 valence electrons. The standard InChI is InChI=1S/C27H28N6O2/c1-18-25(14-19(15-26(18)31-32-28)16-33-12-10-29-11-13-33)30-27(34)35-17-24-22-8-4-2-6-20(22)21-7-3-5-9-23(21)24/h2-9,14-15,24,29H,10-13,16-17H2,1H3,(H,30,34). The van der Waals surface area contributed by atoms with E-state index in [1.807, 2.05) is 43.3 Å². The molecule has 1 saturated heterocycles. The Morgan fingerprint density at radius 2 is 1.77 bits per heavy atom. The van der Waals surface area contributed by atoms with Crippen molar-refractivity contribution in [1.82, 2.24) is 10.2 Å². The summed E-state index contributed by atoms with van der Waals surface area (Å²) < 4.78 is 5.72. The van der Waals surface area contributed by atoms with Gasteiger partial charge < -0.3 is 10.1 Å². The van der Waals surface area contributed by atoms with Gasteiger partial charge in [0.15, 0.2) is 0 Å². The maximum absolute atomic E-state index is 12.9. The summed E-state index contributed by atoms with van der Waals surface area (Å²) in [5, 5.41) is 10.1. The molecule has 0 saturated carbocycles. The second kappa shape index (κ2) is 10.2. The summed E-state index contributed by atoms with van der Waals surface area (Å²) in [5.41, 5.74) is 16.5. The van der Waals surface area contributed by atoms with E-state index in [0.29, 0.717) is 16.9 Å². The van der Waals surface area contributed by atoms with Gasteiger partial charge >= 0.3 is 6.09 Å². The minimum absolute atomic E-state index is 0.00737. The third-order valence-electron chi connectivity index (χ3n) is 6.79. The van der Waals surface area contributed by atoms with Gasteiger partial charge in [-0.1, -0.05) is 53.6 Å². The molecule has 3 aromatic carbocycles. The van der Waals surface area contributed by atoms with Gasteiger partial charge in [-0.25, -0.2) is 4.79 Å². The molecule has 2 aliphatic rings. The fourth-order valence-corrected chi connectivity index (χ4v) is 5.00. The zero-order valence-corrected chi connectivity index (χ0v) is 19.7. The van der Waals surface area contributed by atoms with Crippen LogP contribution in [-0.4, -0.2) is 43.8 Å². The topological polar surface area (TPSA) is 102 Å². The molecule has 0 atom stereocenters. The fraction of sp³-hybridized carbons (Fsp3) is 0.296. The number of carbonyl (C=O) groups excluding carboxylic acids is 1. The van der Waals surface area contributed by atoms with Gasteiger partial charge in [-0.3, -0.25) is 10.2 Å². The molecule has 0 bridgehead atoms. The van der Waals surface area contributed by atoms with Crippen LogP contribution in [0.4, 0.5) is 16.2 Å². The Labute approximate surface area is 204 Å². The van der Waals surface area contributed by atoms with Crippen molar-refractivity contribution in [3.05, 3.63) is 93.4 Å². The van der Waals surface area contributed by atoms with Crippen LogP contribution >= 0.6 is 0 Å². The smallest absolute Gasteiger partial charge is 0.411 e. The van der Waals surface area contributed by atoms with Crippen LogP contribution in [-0.2, 0) is 11.3 Å². The minimum atomic E-state index is -0.527. The molecule has 1 aliphatic heterocycles. The number of hydrogen-bond acceptors (Lipinski definition) is 5. The largest absolute Gasteiger partial charge is 0.448 e. The van der Waals surface area contributed by atoms with Crippen LogP contribution in [0.2, 0.25) is 0 Å². The molecule has 8 heteroatoms. The Bertz CT molecular complexity index is 1250. The number of amides is 1. The van der Waals surface area contributed by atoms with E-state index >= 15 is 0 Å². The maximum Gasteiger partial charge on any atom is 0.411 e. The van der Waals surface area contributed by atoms with Gasteiger partial charge in [-0.05, 0) is 58.0 Å². The number of anilines is 1. The van der Waals surface area contributed by atoms with E-state index in [9.17, 15) is 4.79 Å². The Morgan fingerprint density at radius 3 is 2.43 bits per heavy atom. The Balaban J connectivity index is 1.32. The molecule has 1 heterocycles. The average molecular weight is 469 g/mol. The predicted molar refractivity (Wildman–Crippen MR) is 137 cm³/mol. The van der Waals surface area contributed by atoms with Crippen LogP contribution in [0.5, 0.6) is 0 Å². The van der Waals surface area contributed by atoms with Crippen LogP contribution in [0.3, 0.4) is 0 Å². The van der Waals surface area contributed by atoms with E-state index in [0.717, 1.165) is 38.3 Å². The molecule has 3 aromatic rings. The number of nitrogens with zero attached hydrogens (tertiary/aromatic N) is 4. The lowest BCUT2D eigenvalue weighted by atomic mass is 9.98. The van der Waals surface area contributed by atoms with E-state index in [1.165, 1.54) is 22.3 Å². The number of hydrogen-bond donors (Lipinski definition) is 2. The first-order valence-corrected chi connectivity index (χ1v) is 11.9. The number of rotatable bonds is 6. The molecular weight excluding hydrogens is 440 g/mol. The van der Waals surface area contributed by atoms with Gasteiger partial charge in [-0.15, -0.1) is 0 Å². The Kier molecular flexibility index (Phi) is 6.68. The van der Waals surface area contributed by atoms with Crippen molar-refractivity contribution in [1.29, 1.82) is 0 Å². The van der Waals surface area contributed by atoms with Gasteiger partial charge in [0.05, 0.1) is 0 Å². The molecule has 0 radical (unpaired) electrons. The van der Waals surface area contributed by atoms with Crippen molar-refractivity contribution in [2.24, 2.45) is 5.11 Å². The van der Waals surface area contributed by atoms with Crippen LogP contribution in [0.25, 0.3) is 21.6 Å². The molecule has 0 unspecified atom stereocenters. The molecule has 2 N–H and O–H groups in total. The maximum atomic E-state index is 12.9. The summed E-state index contributed by atoms with van der Waals surface area (Å²) in [6, 6.07) is 20.3. The zero-order valence-electron chi connectivity index (χ0n) is 19.7. The summed E-state index contributed by atoms with van der Waals surface area (Å²) in [6.45, 7) is 6.56. The molecule has 5 rings (SSSR count). The highest BCUT2D eigenvalue weighted by Gasteiger charge is 2.29. The van der Waals surface area contributed by atoms with Gasteiger partial charge in [0.25, 0.3) is 0 Å². The van der Waals surface area contributed by atoms with Gasteiger partial charge in [0, 0.05) is 54.9 Å². The summed E-state index contributed by atoms with van der Waals surface area (Å²) in [5.74, 6) is -0.00737. The molecule has 8 nitrogen and oxygen atoms in total. The molecule has 1 amide bonds. The third kappa shape index (κ3) is 4.86. The Morgan fingerprint density at radius 1 is 1.11 bits per heavy atom. The van der Waals surface area contributed by atoms with Crippen molar-refractivity contribution in [2.45, 2.75) is 19.4 Å². The van der Waals surface area contributed by atoms with Gasteiger partial charge in [-0.2, -0.15) is 0 Å². The van der Waals surface area contributed by atoms with Crippen molar-refractivity contribution in [3.8, 4) is 11.1 Å².